The Morgan fingerprint density at radius 1 is 1.26 bits per heavy atom. The van der Waals surface area contributed by atoms with Crippen molar-refractivity contribution in [2.24, 2.45) is 11.8 Å². The summed E-state index contributed by atoms with van der Waals surface area (Å²) in [6.07, 6.45) is 4.00. The number of amides is 1. The molecule has 34 heavy (non-hydrogen) atoms. The maximum Gasteiger partial charge on any atom is 0.228 e. The van der Waals surface area contributed by atoms with E-state index < -0.39 is 13.0 Å². The quantitative estimate of drug-likeness (QED) is 0.458. The lowest BCUT2D eigenvalue weighted by Gasteiger charge is -2.28. The van der Waals surface area contributed by atoms with Crippen LogP contribution in [0.5, 0.6) is 0 Å². The number of nitrogens with one attached hydrogen (secondary N) is 2. The zero-order chi connectivity index (χ0) is 26.8. The fraction of sp³-hybridized carbons (Fsp3) is 0.391. The number of nitrogens with zero attached hydrogens (tertiary/aromatic N) is 7. The number of hydrogen-bond donors (Lipinski definition) is 2. The van der Waals surface area contributed by atoms with Crippen molar-refractivity contribution in [2.75, 3.05) is 48.8 Å². The van der Waals surface area contributed by atoms with Gasteiger partial charge in [0.25, 0.3) is 0 Å². The standard InChI is InChI=1S/C23H25N9O2/c1-13-9-15(13)23(33)26-18-10-16-17(11-25-22(24-2)20(16)29-28-18)21-27-19-4-3-14(12-32(19)30-21)31-5-7-34-8-6-31/h3-4,10-13,15H,5-9H2,1-2H3,(H,24,25)(H,26,28,33)/t13-,15+/m1/s1/i5D2,6D2. The van der Waals surface area contributed by atoms with Gasteiger partial charge in [0.05, 0.1) is 30.6 Å². The van der Waals surface area contributed by atoms with Gasteiger partial charge in [-0.2, -0.15) is 0 Å². The lowest BCUT2D eigenvalue weighted by Crippen LogP contribution is -2.36. The van der Waals surface area contributed by atoms with Crippen LogP contribution in [0.2, 0.25) is 0 Å². The van der Waals surface area contributed by atoms with E-state index in [1.54, 1.807) is 31.4 Å². The van der Waals surface area contributed by atoms with E-state index in [1.807, 2.05) is 6.92 Å². The van der Waals surface area contributed by atoms with Crippen LogP contribution in [0.4, 0.5) is 17.3 Å². The van der Waals surface area contributed by atoms with Crippen LogP contribution >= 0.6 is 0 Å². The number of hydrogen-bond acceptors (Lipinski definition) is 9. The highest BCUT2D eigenvalue weighted by molar-refractivity contribution is 6.01. The van der Waals surface area contributed by atoms with Crippen LogP contribution in [0.1, 0.15) is 18.8 Å². The summed E-state index contributed by atoms with van der Waals surface area (Å²) >= 11 is 0. The maximum absolute atomic E-state index is 12.5. The molecule has 0 spiro atoms. The number of ether oxygens (including phenoxy) is 1. The van der Waals surface area contributed by atoms with Crippen LogP contribution in [0.3, 0.4) is 0 Å². The topological polar surface area (TPSA) is 122 Å². The van der Waals surface area contributed by atoms with Gasteiger partial charge in [0.15, 0.2) is 23.1 Å². The van der Waals surface area contributed by atoms with Crippen molar-refractivity contribution in [3.63, 3.8) is 0 Å². The van der Waals surface area contributed by atoms with E-state index in [-0.39, 0.29) is 25.0 Å². The third kappa shape index (κ3) is 3.67. The summed E-state index contributed by atoms with van der Waals surface area (Å²) in [5.74, 6) is 1.41. The zero-order valence-electron chi connectivity index (χ0n) is 22.6. The molecule has 1 saturated heterocycles. The van der Waals surface area contributed by atoms with Gasteiger partial charge in [-0.15, -0.1) is 15.3 Å². The van der Waals surface area contributed by atoms with Gasteiger partial charge in [0.1, 0.15) is 5.52 Å². The van der Waals surface area contributed by atoms with Crippen LogP contribution in [0.15, 0.2) is 30.6 Å². The van der Waals surface area contributed by atoms with Gasteiger partial charge in [0, 0.05) is 43.1 Å². The predicted molar refractivity (Wildman–Crippen MR) is 128 cm³/mol. The first kappa shape index (κ1) is 16.7. The maximum atomic E-state index is 12.5. The third-order valence-electron chi connectivity index (χ3n) is 6.03. The molecule has 4 aromatic heterocycles. The second kappa shape index (κ2) is 8.17. The monoisotopic (exact) mass is 463 g/mol. The normalized spacial score (nSPS) is 24.7. The lowest BCUT2D eigenvalue weighted by atomic mass is 10.1. The molecule has 1 aliphatic heterocycles. The van der Waals surface area contributed by atoms with Crippen molar-refractivity contribution in [1.82, 2.24) is 29.8 Å². The fourth-order valence-electron chi connectivity index (χ4n) is 3.99. The molecule has 0 bridgehead atoms. The number of anilines is 3. The van der Waals surface area contributed by atoms with Gasteiger partial charge >= 0.3 is 0 Å². The molecule has 11 nitrogen and oxygen atoms in total. The van der Waals surface area contributed by atoms with Crippen molar-refractivity contribution >= 4 is 39.8 Å². The molecule has 2 N–H and O–H groups in total. The molecule has 0 aromatic carbocycles. The summed E-state index contributed by atoms with van der Waals surface area (Å²) in [7, 11) is 1.72. The Morgan fingerprint density at radius 3 is 2.85 bits per heavy atom. The van der Waals surface area contributed by atoms with Crippen molar-refractivity contribution in [3.8, 4) is 11.4 Å². The number of aromatic nitrogens is 6. The van der Waals surface area contributed by atoms with E-state index >= 15 is 0 Å². The van der Waals surface area contributed by atoms with E-state index in [2.05, 4.69) is 35.9 Å². The Labute approximate surface area is 201 Å². The average molecular weight is 464 g/mol. The number of fused-ring (bicyclic) bond motifs is 2. The van der Waals surface area contributed by atoms with E-state index in [0.29, 0.717) is 51.2 Å². The van der Waals surface area contributed by atoms with Crippen LogP contribution in [-0.4, -0.2) is 68.9 Å². The molecule has 1 amide bonds. The molecule has 6 rings (SSSR count). The Hall–Kier alpha value is -3.86. The Balaban J connectivity index is 1.42. The molecule has 1 aliphatic carbocycles. The second-order valence-corrected chi connectivity index (χ2v) is 8.34. The molecule has 5 heterocycles. The van der Waals surface area contributed by atoms with E-state index in [4.69, 9.17) is 10.2 Å². The minimum absolute atomic E-state index is 0.0181. The molecule has 2 atom stereocenters. The first-order valence-electron chi connectivity index (χ1n) is 13.0. The number of morpholine rings is 1. The van der Waals surface area contributed by atoms with Crippen molar-refractivity contribution in [3.05, 3.63) is 30.6 Å². The molecule has 4 aromatic rings. The van der Waals surface area contributed by atoms with Crippen molar-refractivity contribution in [2.45, 2.75) is 13.3 Å². The Morgan fingerprint density at radius 2 is 2.09 bits per heavy atom. The summed E-state index contributed by atoms with van der Waals surface area (Å²) in [6, 6.07) is 4.97. The summed E-state index contributed by atoms with van der Waals surface area (Å²) in [6.45, 7) is -2.61. The van der Waals surface area contributed by atoms with Gasteiger partial charge in [-0.25, -0.2) is 14.5 Å². The first-order chi connectivity index (χ1) is 18.1. The highest BCUT2D eigenvalue weighted by atomic mass is 16.5. The largest absolute Gasteiger partial charge is 0.378 e. The van der Waals surface area contributed by atoms with Gasteiger partial charge in [-0.1, -0.05) is 6.92 Å². The predicted octanol–water partition coefficient (Wildman–Crippen LogP) is 2.21. The number of pyridine rings is 2. The molecule has 174 valence electrons. The summed E-state index contributed by atoms with van der Waals surface area (Å²) in [4.78, 5) is 22.6. The summed E-state index contributed by atoms with van der Waals surface area (Å²) in [5.41, 5.74) is 1.82. The first-order valence-corrected chi connectivity index (χ1v) is 11.0. The smallest absolute Gasteiger partial charge is 0.228 e. The number of rotatable bonds is 5. The zero-order valence-corrected chi connectivity index (χ0v) is 18.6. The van der Waals surface area contributed by atoms with Crippen LogP contribution in [-0.2, 0) is 9.53 Å². The average Bonchev–Trinajstić information content (AvgIpc) is 3.45. The molecular weight excluding hydrogens is 434 g/mol. The second-order valence-electron chi connectivity index (χ2n) is 8.34. The SMILES string of the molecule is [2H]C1([2H])COCC([2H])([2H])N1c1ccc2nc(-c3cnc(NC)c4nnc(NC(=O)[C@H]5C[C@H]5C)cc34)nn2c1. The molecule has 11 heteroatoms. The van der Waals surface area contributed by atoms with Crippen LogP contribution < -0.4 is 15.5 Å². The molecule has 2 fully saturated rings. The van der Waals surface area contributed by atoms with E-state index in [9.17, 15) is 4.79 Å². The summed E-state index contributed by atoms with van der Waals surface area (Å²) in [5, 5.41) is 19.5. The van der Waals surface area contributed by atoms with Crippen LogP contribution in [0.25, 0.3) is 27.9 Å². The molecule has 2 aliphatic rings. The van der Waals surface area contributed by atoms with Gasteiger partial charge in [0.2, 0.25) is 5.91 Å². The van der Waals surface area contributed by atoms with E-state index in [0.717, 1.165) is 11.3 Å². The minimum Gasteiger partial charge on any atom is -0.378 e. The van der Waals surface area contributed by atoms with E-state index in [1.165, 1.54) is 10.7 Å². The van der Waals surface area contributed by atoms with Gasteiger partial charge in [-0.05, 0) is 30.5 Å². The molecule has 1 saturated carbocycles. The molecular formula is C23H25N9O2. The Bertz CT molecular complexity index is 1560. The van der Waals surface area contributed by atoms with Crippen molar-refractivity contribution in [1.29, 1.82) is 0 Å². The molecule has 0 unspecified atom stereocenters. The van der Waals surface area contributed by atoms with Crippen molar-refractivity contribution < 1.29 is 15.0 Å². The molecule has 0 radical (unpaired) electrons. The van der Waals surface area contributed by atoms with Gasteiger partial charge < -0.3 is 20.3 Å². The highest BCUT2D eigenvalue weighted by Gasteiger charge is 2.39. The third-order valence-corrected chi connectivity index (χ3v) is 6.03. The fourth-order valence-corrected chi connectivity index (χ4v) is 3.99. The number of carbonyl (C=O) groups is 1. The van der Waals surface area contributed by atoms with Crippen LogP contribution in [0, 0.1) is 11.8 Å². The Kier molecular flexibility index (Phi) is 4.02. The lowest BCUT2D eigenvalue weighted by molar-refractivity contribution is -0.117. The minimum atomic E-state index is -2.06. The summed E-state index contributed by atoms with van der Waals surface area (Å²) < 4.78 is 39.8. The number of carbonyl (C=O) groups excluding carboxylic acids is 1. The van der Waals surface area contributed by atoms with Gasteiger partial charge in [-0.3, -0.25) is 4.79 Å². The highest BCUT2D eigenvalue weighted by Crippen LogP contribution is 2.38.